The summed E-state index contributed by atoms with van der Waals surface area (Å²) in [4.78, 5) is 0. The Labute approximate surface area is 83.9 Å². The van der Waals surface area contributed by atoms with E-state index in [9.17, 15) is 13.2 Å². The largest absolute Gasteiger partial charge is 0.391 e. The summed E-state index contributed by atoms with van der Waals surface area (Å²) < 4.78 is 37.5. The molecule has 0 aromatic carbocycles. The lowest BCUT2D eigenvalue weighted by Crippen LogP contribution is -2.33. The number of hydrogen-bond donors (Lipinski definition) is 0. The van der Waals surface area contributed by atoms with Crippen molar-refractivity contribution in [2.24, 2.45) is 17.3 Å². The highest BCUT2D eigenvalue weighted by Gasteiger charge is 2.44. The first-order valence-electron chi connectivity index (χ1n) is 5.28. The predicted molar refractivity (Wildman–Crippen MR) is 51.0 cm³/mol. The Morgan fingerprint density at radius 3 is 1.86 bits per heavy atom. The number of alkyl halides is 3. The molecule has 1 rings (SSSR count). The van der Waals surface area contributed by atoms with E-state index >= 15 is 0 Å². The van der Waals surface area contributed by atoms with Gasteiger partial charge in [0.1, 0.15) is 0 Å². The minimum absolute atomic E-state index is 0.0178. The Balaban J connectivity index is 2.61. The molecule has 1 saturated carbocycles. The van der Waals surface area contributed by atoms with Crippen molar-refractivity contribution in [2.75, 3.05) is 0 Å². The van der Waals surface area contributed by atoms with E-state index in [0.29, 0.717) is 12.8 Å². The first-order chi connectivity index (χ1) is 6.21. The van der Waals surface area contributed by atoms with Gasteiger partial charge in [-0.05, 0) is 30.6 Å². The summed E-state index contributed by atoms with van der Waals surface area (Å²) in [6.45, 7) is 6.11. The molecule has 0 nitrogen and oxygen atoms in total. The van der Waals surface area contributed by atoms with Crippen molar-refractivity contribution in [1.82, 2.24) is 0 Å². The van der Waals surface area contributed by atoms with E-state index in [2.05, 4.69) is 0 Å². The molecule has 1 aliphatic carbocycles. The first-order valence-corrected chi connectivity index (χ1v) is 5.28. The van der Waals surface area contributed by atoms with Gasteiger partial charge in [-0.15, -0.1) is 0 Å². The molecule has 1 aliphatic rings. The van der Waals surface area contributed by atoms with Crippen LogP contribution < -0.4 is 0 Å². The molecule has 0 saturated heterocycles. The SMILES string of the molecule is CC(C)(C)C1CCCC(C(F)(F)F)C1. The van der Waals surface area contributed by atoms with Crippen molar-refractivity contribution in [2.45, 2.75) is 52.6 Å². The molecule has 1 fully saturated rings. The van der Waals surface area contributed by atoms with Gasteiger partial charge in [0.05, 0.1) is 5.92 Å². The van der Waals surface area contributed by atoms with Crippen LogP contribution >= 0.6 is 0 Å². The fourth-order valence-electron chi connectivity index (χ4n) is 2.27. The van der Waals surface area contributed by atoms with Crippen molar-refractivity contribution in [1.29, 1.82) is 0 Å². The van der Waals surface area contributed by atoms with E-state index in [-0.39, 0.29) is 11.3 Å². The molecule has 0 aliphatic heterocycles. The Hall–Kier alpha value is -0.210. The van der Waals surface area contributed by atoms with Crippen molar-refractivity contribution >= 4 is 0 Å². The monoisotopic (exact) mass is 208 g/mol. The van der Waals surface area contributed by atoms with E-state index in [4.69, 9.17) is 0 Å². The fraction of sp³-hybridized carbons (Fsp3) is 1.00. The minimum atomic E-state index is -3.98. The zero-order valence-electron chi connectivity index (χ0n) is 9.12. The molecule has 0 aromatic rings. The third-order valence-electron chi connectivity index (χ3n) is 3.36. The molecule has 0 heterocycles. The maximum Gasteiger partial charge on any atom is 0.391 e. The second kappa shape index (κ2) is 3.74. The molecule has 0 bridgehead atoms. The van der Waals surface area contributed by atoms with Gasteiger partial charge >= 0.3 is 6.18 Å². The summed E-state index contributed by atoms with van der Waals surface area (Å²) in [7, 11) is 0. The second-order valence-corrected chi connectivity index (χ2v) is 5.47. The molecule has 2 unspecified atom stereocenters. The Morgan fingerprint density at radius 1 is 0.929 bits per heavy atom. The third kappa shape index (κ3) is 2.89. The van der Waals surface area contributed by atoms with Gasteiger partial charge in [0.25, 0.3) is 0 Å². The van der Waals surface area contributed by atoms with E-state index in [0.717, 1.165) is 12.8 Å². The molecule has 3 heteroatoms. The summed E-state index contributed by atoms with van der Waals surface area (Å²) in [5.41, 5.74) is 0.0178. The lowest BCUT2D eigenvalue weighted by atomic mass is 9.69. The molecule has 2 atom stereocenters. The summed E-state index contributed by atoms with van der Waals surface area (Å²) >= 11 is 0. The van der Waals surface area contributed by atoms with Gasteiger partial charge in [0, 0.05) is 0 Å². The average molecular weight is 208 g/mol. The fourth-order valence-corrected chi connectivity index (χ4v) is 2.27. The van der Waals surface area contributed by atoms with Crippen LogP contribution in [0.1, 0.15) is 46.5 Å². The lowest BCUT2D eigenvalue weighted by Gasteiger charge is -2.38. The van der Waals surface area contributed by atoms with Crippen molar-refractivity contribution in [3.05, 3.63) is 0 Å². The molecular weight excluding hydrogens is 189 g/mol. The smallest absolute Gasteiger partial charge is 0.171 e. The van der Waals surface area contributed by atoms with Crippen LogP contribution in [0.25, 0.3) is 0 Å². The van der Waals surface area contributed by atoms with Crippen LogP contribution in [0.4, 0.5) is 13.2 Å². The Kier molecular flexibility index (Phi) is 3.17. The van der Waals surface area contributed by atoms with Crippen molar-refractivity contribution in [3.8, 4) is 0 Å². The number of rotatable bonds is 0. The summed E-state index contributed by atoms with van der Waals surface area (Å²) in [6, 6.07) is 0. The standard InChI is InChI=1S/C11H19F3/c1-10(2,3)8-5-4-6-9(7-8)11(12,13)14/h8-9H,4-7H2,1-3H3. The molecule has 0 amide bonds. The molecule has 0 aromatic heterocycles. The van der Waals surface area contributed by atoms with Crippen molar-refractivity contribution in [3.63, 3.8) is 0 Å². The van der Waals surface area contributed by atoms with Gasteiger partial charge in [0.15, 0.2) is 0 Å². The summed E-state index contributed by atoms with van der Waals surface area (Å²) in [5.74, 6) is -0.830. The van der Waals surface area contributed by atoms with Gasteiger partial charge in [-0.2, -0.15) is 13.2 Å². The maximum absolute atomic E-state index is 12.5. The average Bonchev–Trinajstić information content (AvgIpc) is 2.01. The summed E-state index contributed by atoms with van der Waals surface area (Å²) in [5, 5.41) is 0. The molecule has 0 N–H and O–H groups in total. The molecule has 84 valence electrons. The van der Waals surface area contributed by atoms with Crippen molar-refractivity contribution < 1.29 is 13.2 Å². The van der Waals surface area contributed by atoms with Crippen LogP contribution in [-0.2, 0) is 0 Å². The zero-order valence-corrected chi connectivity index (χ0v) is 9.12. The van der Waals surface area contributed by atoms with Crippen LogP contribution in [0.3, 0.4) is 0 Å². The minimum Gasteiger partial charge on any atom is -0.171 e. The first kappa shape index (κ1) is 11.9. The number of hydrogen-bond acceptors (Lipinski definition) is 0. The zero-order chi connectivity index (χ0) is 11.0. The van der Waals surface area contributed by atoms with E-state index in [1.165, 1.54) is 0 Å². The van der Waals surface area contributed by atoms with Gasteiger partial charge in [-0.25, -0.2) is 0 Å². The summed E-state index contributed by atoms with van der Waals surface area (Å²) in [6.07, 6.45) is -1.64. The lowest BCUT2D eigenvalue weighted by molar-refractivity contribution is -0.188. The maximum atomic E-state index is 12.5. The normalized spacial score (nSPS) is 30.4. The van der Waals surface area contributed by atoms with Crippen LogP contribution in [-0.4, -0.2) is 6.18 Å². The van der Waals surface area contributed by atoms with Crippen LogP contribution in [0.15, 0.2) is 0 Å². The molecule has 0 spiro atoms. The topological polar surface area (TPSA) is 0 Å². The van der Waals surface area contributed by atoms with Crippen LogP contribution in [0.5, 0.6) is 0 Å². The van der Waals surface area contributed by atoms with Crippen LogP contribution in [0.2, 0.25) is 0 Å². The highest BCUT2D eigenvalue weighted by Crippen LogP contribution is 2.45. The van der Waals surface area contributed by atoms with E-state index in [1.54, 1.807) is 0 Å². The number of halogens is 3. The van der Waals surface area contributed by atoms with Gasteiger partial charge in [0.2, 0.25) is 0 Å². The molecular formula is C11H19F3. The highest BCUT2D eigenvalue weighted by molar-refractivity contribution is 4.83. The van der Waals surface area contributed by atoms with Gasteiger partial charge in [-0.3, -0.25) is 0 Å². The Bertz CT molecular complexity index is 168. The quantitative estimate of drug-likeness (QED) is 0.553. The molecule has 0 radical (unpaired) electrons. The Morgan fingerprint density at radius 2 is 1.43 bits per heavy atom. The van der Waals surface area contributed by atoms with Crippen LogP contribution in [0, 0.1) is 17.3 Å². The van der Waals surface area contributed by atoms with Gasteiger partial charge < -0.3 is 0 Å². The van der Waals surface area contributed by atoms with Gasteiger partial charge in [-0.1, -0.05) is 27.2 Å². The molecule has 14 heavy (non-hydrogen) atoms. The highest BCUT2D eigenvalue weighted by atomic mass is 19.4. The second-order valence-electron chi connectivity index (χ2n) is 5.47. The van der Waals surface area contributed by atoms with E-state index in [1.807, 2.05) is 20.8 Å². The third-order valence-corrected chi connectivity index (χ3v) is 3.36. The van der Waals surface area contributed by atoms with E-state index < -0.39 is 12.1 Å². The predicted octanol–water partition coefficient (Wildman–Crippen LogP) is 4.40.